The van der Waals surface area contributed by atoms with Gasteiger partial charge in [-0.1, -0.05) is 53.0 Å². The van der Waals surface area contributed by atoms with Crippen LogP contribution < -0.4 is 14.8 Å². The highest BCUT2D eigenvalue weighted by Gasteiger charge is 2.36. The van der Waals surface area contributed by atoms with Crippen molar-refractivity contribution in [2.75, 3.05) is 18.5 Å². The van der Waals surface area contributed by atoms with E-state index in [0.29, 0.717) is 44.4 Å². The number of ether oxygens (including phenoxy) is 2. The van der Waals surface area contributed by atoms with Crippen molar-refractivity contribution in [2.45, 2.75) is 13.5 Å². The largest absolute Gasteiger partial charge is 0.490 e. The number of carbonyl (C=O) groups is 3. The second kappa shape index (κ2) is 12.6. The number of hydrogen-bond acceptors (Lipinski definition) is 6. The van der Waals surface area contributed by atoms with Crippen LogP contribution in [0.4, 0.5) is 10.5 Å². The first-order chi connectivity index (χ1) is 18.2. The van der Waals surface area contributed by atoms with Crippen LogP contribution in [0.1, 0.15) is 18.1 Å². The van der Waals surface area contributed by atoms with Crippen molar-refractivity contribution in [3.8, 4) is 11.5 Å². The van der Waals surface area contributed by atoms with Crippen LogP contribution in [0.5, 0.6) is 11.5 Å². The van der Waals surface area contributed by atoms with Crippen molar-refractivity contribution in [3.63, 3.8) is 0 Å². The van der Waals surface area contributed by atoms with Crippen molar-refractivity contribution in [2.24, 2.45) is 0 Å². The van der Waals surface area contributed by atoms with E-state index in [-0.39, 0.29) is 11.5 Å². The molecule has 0 atom stereocenters. The van der Waals surface area contributed by atoms with Crippen LogP contribution in [0.25, 0.3) is 6.08 Å². The summed E-state index contributed by atoms with van der Waals surface area (Å²) in [5, 5.41) is 3.44. The third kappa shape index (κ3) is 7.02. The first-order valence-electron chi connectivity index (χ1n) is 11.4. The number of hydrogen-bond donors (Lipinski definition) is 1. The molecule has 4 rings (SSSR count). The van der Waals surface area contributed by atoms with E-state index >= 15 is 0 Å². The minimum atomic E-state index is -0.556. The lowest BCUT2D eigenvalue weighted by molar-refractivity contribution is -0.127. The van der Waals surface area contributed by atoms with E-state index < -0.39 is 23.6 Å². The molecule has 38 heavy (non-hydrogen) atoms. The number of anilines is 1. The molecule has 0 radical (unpaired) electrons. The maximum absolute atomic E-state index is 12.9. The van der Waals surface area contributed by atoms with Crippen LogP contribution in [0, 0.1) is 0 Å². The number of amides is 3. The van der Waals surface area contributed by atoms with E-state index in [1.165, 1.54) is 0 Å². The Morgan fingerprint density at radius 1 is 0.974 bits per heavy atom. The molecule has 1 aliphatic heterocycles. The molecule has 0 aromatic heterocycles. The highest BCUT2D eigenvalue weighted by atomic mass is 35.5. The van der Waals surface area contributed by atoms with Gasteiger partial charge in [0.2, 0.25) is 5.91 Å². The first kappa shape index (κ1) is 27.9. The summed E-state index contributed by atoms with van der Waals surface area (Å²) in [7, 11) is 0. The van der Waals surface area contributed by atoms with Gasteiger partial charge in [0, 0.05) is 10.7 Å². The van der Waals surface area contributed by atoms with Gasteiger partial charge in [-0.3, -0.25) is 19.3 Å². The zero-order valence-corrected chi connectivity index (χ0v) is 23.1. The lowest BCUT2D eigenvalue weighted by Crippen LogP contribution is -2.36. The predicted molar refractivity (Wildman–Crippen MR) is 151 cm³/mol. The number of rotatable bonds is 9. The molecule has 3 aromatic carbocycles. The molecular weight excluding hydrogens is 571 g/mol. The minimum absolute atomic E-state index is 0.192. The Morgan fingerprint density at radius 2 is 1.79 bits per heavy atom. The summed E-state index contributed by atoms with van der Waals surface area (Å²) in [6.45, 7) is 2.06. The van der Waals surface area contributed by atoms with E-state index in [0.717, 1.165) is 22.2 Å². The Bertz CT molecular complexity index is 1430. The van der Waals surface area contributed by atoms with Crippen LogP contribution in [-0.2, 0) is 16.2 Å². The fourth-order valence-corrected chi connectivity index (χ4v) is 4.84. The van der Waals surface area contributed by atoms with Crippen molar-refractivity contribution >= 4 is 75.4 Å². The fraction of sp³-hybridized carbons (Fsp3) is 0.148. The number of nitrogens with one attached hydrogen (secondary N) is 1. The lowest BCUT2D eigenvalue weighted by Gasteiger charge is -2.13. The standard InChI is InChI=1S/C27H21Cl3N2O5S/c1-2-36-23-11-16(7-9-22(23)37-15-17-6-8-20(29)21(30)10-17)12-24-26(34)32(27(35)38-24)14-25(33)31-19-5-3-4-18(28)13-19/h3-13H,2,14-15H2,1H3,(H,31,33)/b24-12+. The van der Waals surface area contributed by atoms with Crippen LogP contribution in [0.15, 0.2) is 65.6 Å². The van der Waals surface area contributed by atoms with Crippen molar-refractivity contribution in [1.82, 2.24) is 4.90 Å². The summed E-state index contributed by atoms with van der Waals surface area (Å²) in [6, 6.07) is 17.0. The summed E-state index contributed by atoms with van der Waals surface area (Å²) in [4.78, 5) is 38.9. The van der Waals surface area contributed by atoms with Gasteiger partial charge < -0.3 is 14.8 Å². The summed E-state index contributed by atoms with van der Waals surface area (Å²) < 4.78 is 11.6. The molecular formula is C27H21Cl3N2O5S. The van der Waals surface area contributed by atoms with Crippen LogP contribution >= 0.6 is 46.6 Å². The molecule has 196 valence electrons. The molecule has 11 heteroatoms. The van der Waals surface area contributed by atoms with Gasteiger partial charge in [0.15, 0.2) is 11.5 Å². The van der Waals surface area contributed by atoms with Crippen LogP contribution in [0.3, 0.4) is 0 Å². The zero-order chi connectivity index (χ0) is 27.2. The Labute approximate surface area is 238 Å². The van der Waals surface area contributed by atoms with Crippen molar-refractivity contribution in [3.05, 3.63) is 91.8 Å². The fourth-order valence-electron chi connectivity index (χ4n) is 3.49. The molecule has 1 aliphatic rings. The van der Waals surface area contributed by atoms with Gasteiger partial charge in [-0.2, -0.15) is 0 Å². The van der Waals surface area contributed by atoms with Gasteiger partial charge in [-0.25, -0.2) is 0 Å². The number of carbonyl (C=O) groups excluding carboxylic acids is 3. The maximum Gasteiger partial charge on any atom is 0.294 e. The van der Waals surface area contributed by atoms with Crippen molar-refractivity contribution < 1.29 is 23.9 Å². The average molecular weight is 592 g/mol. The summed E-state index contributed by atoms with van der Waals surface area (Å²) in [5.41, 5.74) is 1.93. The summed E-state index contributed by atoms with van der Waals surface area (Å²) in [5.74, 6) is -0.0978. The quantitative estimate of drug-likeness (QED) is 0.263. The monoisotopic (exact) mass is 590 g/mol. The predicted octanol–water partition coefficient (Wildman–Crippen LogP) is 7.30. The number of halogens is 3. The number of imide groups is 1. The number of thioether (sulfide) groups is 1. The molecule has 3 amide bonds. The highest BCUT2D eigenvalue weighted by Crippen LogP contribution is 2.35. The van der Waals surface area contributed by atoms with Gasteiger partial charge in [-0.05, 0) is 78.4 Å². The molecule has 3 aromatic rings. The van der Waals surface area contributed by atoms with Crippen LogP contribution in [-0.4, -0.2) is 35.1 Å². The van der Waals surface area contributed by atoms with E-state index in [1.54, 1.807) is 60.7 Å². The normalized spacial score (nSPS) is 14.2. The summed E-state index contributed by atoms with van der Waals surface area (Å²) >= 11 is 18.7. The molecule has 1 N–H and O–H groups in total. The maximum atomic E-state index is 12.9. The van der Waals surface area contributed by atoms with Crippen LogP contribution in [0.2, 0.25) is 15.1 Å². The molecule has 0 bridgehead atoms. The Kier molecular flexibility index (Phi) is 9.22. The molecule has 7 nitrogen and oxygen atoms in total. The molecule has 1 heterocycles. The van der Waals surface area contributed by atoms with Gasteiger partial charge in [0.1, 0.15) is 13.2 Å². The Hall–Kier alpha value is -3.17. The average Bonchev–Trinajstić information content (AvgIpc) is 3.13. The molecule has 0 aliphatic carbocycles. The van der Waals surface area contributed by atoms with E-state index in [4.69, 9.17) is 44.3 Å². The third-order valence-electron chi connectivity index (χ3n) is 5.23. The molecule has 0 saturated carbocycles. The van der Waals surface area contributed by atoms with E-state index in [1.807, 2.05) is 13.0 Å². The third-order valence-corrected chi connectivity index (χ3v) is 7.11. The number of benzene rings is 3. The summed E-state index contributed by atoms with van der Waals surface area (Å²) in [6.07, 6.45) is 1.57. The second-order valence-corrected chi connectivity index (χ2v) is 10.2. The Balaban J connectivity index is 1.45. The molecule has 0 spiro atoms. The lowest BCUT2D eigenvalue weighted by atomic mass is 10.1. The zero-order valence-electron chi connectivity index (χ0n) is 20.0. The van der Waals surface area contributed by atoms with Gasteiger partial charge in [0.05, 0.1) is 21.6 Å². The molecule has 1 saturated heterocycles. The van der Waals surface area contributed by atoms with E-state index in [9.17, 15) is 14.4 Å². The van der Waals surface area contributed by atoms with E-state index in [2.05, 4.69) is 5.32 Å². The highest BCUT2D eigenvalue weighted by molar-refractivity contribution is 8.18. The van der Waals surface area contributed by atoms with Gasteiger partial charge in [0.25, 0.3) is 11.1 Å². The van der Waals surface area contributed by atoms with Crippen molar-refractivity contribution in [1.29, 1.82) is 0 Å². The smallest absolute Gasteiger partial charge is 0.294 e. The van der Waals surface area contributed by atoms with Gasteiger partial charge in [-0.15, -0.1) is 0 Å². The Morgan fingerprint density at radius 3 is 2.53 bits per heavy atom. The first-order valence-corrected chi connectivity index (χ1v) is 13.3. The van der Waals surface area contributed by atoms with Gasteiger partial charge >= 0.3 is 0 Å². The SMILES string of the molecule is CCOc1cc(/C=C2/SC(=O)N(CC(=O)Nc3cccc(Cl)c3)C2=O)ccc1OCc1ccc(Cl)c(Cl)c1. The second-order valence-electron chi connectivity index (χ2n) is 8.00. The minimum Gasteiger partial charge on any atom is -0.490 e. The number of nitrogens with zero attached hydrogens (tertiary/aromatic N) is 1. The molecule has 0 unspecified atom stereocenters. The topological polar surface area (TPSA) is 84.9 Å². The molecule has 1 fully saturated rings.